The van der Waals surface area contributed by atoms with Crippen molar-refractivity contribution in [2.24, 2.45) is 28.6 Å². The molecule has 5 nitrogen and oxygen atoms in total. The fourth-order valence-corrected chi connectivity index (χ4v) is 6.25. The van der Waals surface area contributed by atoms with E-state index < -0.39 is 76.9 Å². The smallest absolute Gasteiger partial charge is 0.190 e. The van der Waals surface area contributed by atoms with Crippen molar-refractivity contribution in [1.82, 2.24) is 0 Å². The Balaban J connectivity index is 1.86. The molecule has 0 spiro atoms. The van der Waals surface area contributed by atoms with Crippen LogP contribution in [0.1, 0.15) is 54.1 Å². The molecule has 0 heterocycles. The fourth-order valence-electron chi connectivity index (χ4n) is 6.25. The van der Waals surface area contributed by atoms with Crippen molar-refractivity contribution in [3.8, 4) is 0 Å². The third-order valence-electron chi connectivity index (χ3n) is 7.57. The van der Waals surface area contributed by atoms with Gasteiger partial charge in [0, 0.05) is 19.5 Å². The van der Waals surface area contributed by atoms with Gasteiger partial charge in [-0.1, -0.05) is 25.5 Å². The molecule has 5 unspecified atom stereocenters. The first-order valence-electron chi connectivity index (χ1n) is 12.1. The Morgan fingerprint density at radius 1 is 1.46 bits per heavy atom. The van der Waals surface area contributed by atoms with Crippen LogP contribution in [0, 0.1) is 28.6 Å². The zero-order valence-electron chi connectivity index (χ0n) is 20.9. The van der Waals surface area contributed by atoms with E-state index in [1.54, 1.807) is 13.8 Å². The van der Waals surface area contributed by atoms with Gasteiger partial charge in [0.1, 0.15) is 12.2 Å². The Morgan fingerprint density at radius 3 is 2.88 bits per heavy atom. The summed E-state index contributed by atoms with van der Waals surface area (Å²) in [6.07, 6.45) is -2.07. The highest BCUT2D eigenvalue weighted by Gasteiger charge is 2.67. The van der Waals surface area contributed by atoms with Gasteiger partial charge in [-0.25, -0.2) is 0 Å². The first-order chi connectivity index (χ1) is 14.4. The molecule has 142 valence electrons. The quantitative estimate of drug-likeness (QED) is 0.689. The van der Waals surface area contributed by atoms with Crippen molar-refractivity contribution >= 4 is 11.6 Å². The molecule has 4 rings (SSSR count). The maximum absolute atomic E-state index is 12.7. The largest absolute Gasteiger partial charge is 0.393 e. The molecule has 4 aliphatic rings. The second kappa shape index (κ2) is 5.60. The normalized spacial score (nSPS) is 56.5. The monoisotopic (exact) mass is 366 g/mol. The molecule has 0 radical (unpaired) electrons. The zero-order chi connectivity index (χ0) is 24.2. The third kappa shape index (κ3) is 2.08. The summed E-state index contributed by atoms with van der Waals surface area (Å²) in [5.74, 6) is -3.92. The van der Waals surface area contributed by atoms with E-state index in [-0.39, 0.29) is 31.3 Å². The van der Waals surface area contributed by atoms with Crippen LogP contribution in [0.2, 0.25) is 0 Å². The molecule has 3 fully saturated rings. The van der Waals surface area contributed by atoms with Crippen LogP contribution in [0.5, 0.6) is 0 Å². The van der Waals surface area contributed by atoms with Crippen molar-refractivity contribution in [2.75, 3.05) is 6.56 Å². The summed E-state index contributed by atoms with van der Waals surface area (Å²) in [6.45, 7) is -0.0651. The van der Waals surface area contributed by atoms with Crippen LogP contribution in [0.4, 0.5) is 0 Å². The van der Waals surface area contributed by atoms with Crippen LogP contribution in [0.3, 0.4) is 0 Å². The minimum Gasteiger partial charge on any atom is -0.393 e. The molecule has 26 heavy (non-hydrogen) atoms. The molecule has 0 aromatic rings. The van der Waals surface area contributed by atoms with Crippen LogP contribution in [-0.2, 0) is 9.59 Å². The van der Waals surface area contributed by atoms with Crippen LogP contribution in [0.25, 0.3) is 0 Å². The van der Waals surface area contributed by atoms with Gasteiger partial charge >= 0.3 is 0 Å². The van der Waals surface area contributed by atoms with Gasteiger partial charge in [0.25, 0.3) is 0 Å². The number of aliphatic hydroxyl groups is 3. The summed E-state index contributed by atoms with van der Waals surface area (Å²) in [6, 6.07) is -0.986. The Hall–Kier alpha value is -1.30. The topological polar surface area (TPSA) is 94.8 Å². The minimum atomic E-state index is -3.26. The molecule has 3 saturated carbocycles. The number of allylic oxidation sites excluding steroid dienone is 4. The molecular weight excluding hydrogens is 332 g/mol. The first kappa shape index (κ1) is 12.2. The molecule has 7 atom stereocenters. The summed E-state index contributed by atoms with van der Waals surface area (Å²) in [7, 11) is 0. The number of rotatable bonds is 2. The van der Waals surface area contributed by atoms with E-state index in [4.69, 9.17) is 8.22 Å². The lowest BCUT2D eigenvalue weighted by molar-refractivity contribution is -0.178. The molecule has 0 amide bonds. The van der Waals surface area contributed by atoms with Crippen LogP contribution in [0.15, 0.2) is 23.8 Å². The van der Waals surface area contributed by atoms with Crippen LogP contribution in [-0.4, -0.2) is 45.2 Å². The SMILES string of the molecule is [2H]C1=CC2(C)C(=C([2H])C1=O)C([2H])([2H])CC1C2[C@@H](O)CC2(C)C1CC[C@]2(O)C(=O)C([2H])([2H])O. The summed E-state index contributed by atoms with van der Waals surface area (Å²) in [5, 5.41) is 32.3. The highest BCUT2D eigenvalue weighted by atomic mass is 16.3. The minimum absolute atomic E-state index is 0.0501. The van der Waals surface area contributed by atoms with E-state index in [9.17, 15) is 24.9 Å². The molecule has 3 N–H and O–H groups in total. The highest BCUT2D eigenvalue weighted by Crippen LogP contribution is 2.67. The first-order valence-corrected chi connectivity index (χ1v) is 9.05. The summed E-state index contributed by atoms with van der Waals surface area (Å²) in [4.78, 5) is 25.0. The predicted molar refractivity (Wildman–Crippen MR) is 95.0 cm³/mol. The van der Waals surface area contributed by atoms with Crippen LogP contribution >= 0.6 is 0 Å². The summed E-state index contributed by atoms with van der Waals surface area (Å²) in [5.41, 5.74) is -4.86. The van der Waals surface area contributed by atoms with E-state index in [1.165, 1.54) is 6.08 Å². The Labute approximate surface area is 162 Å². The van der Waals surface area contributed by atoms with Crippen molar-refractivity contribution in [3.63, 3.8) is 0 Å². The van der Waals surface area contributed by atoms with E-state index in [0.29, 0.717) is 0 Å². The summed E-state index contributed by atoms with van der Waals surface area (Å²) >= 11 is 0. The van der Waals surface area contributed by atoms with Gasteiger partial charge in [0.05, 0.1) is 11.6 Å². The molecule has 0 saturated heterocycles. The Bertz CT molecular complexity index is 970. The molecule has 0 aliphatic heterocycles. The molecule has 0 aromatic heterocycles. The van der Waals surface area contributed by atoms with Crippen molar-refractivity contribution in [1.29, 1.82) is 0 Å². The maximum atomic E-state index is 12.7. The Morgan fingerprint density at radius 2 is 2.19 bits per heavy atom. The molecule has 4 aliphatic carbocycles. The zero-order valence-corrected chi connectivity index (χ0v) is 14.9. The van der Waals surface area contributed by atoms with Gasteiger partial charge < -0.3 is 15.3 Å². The van der Waals surface area contributed by atoms with E-state index in [2.05, 4.69) is 0 Å². The second-order valence-corrected chi connectivity index (χ2v) is 8.61. The fraction of sp³-hybridized carbons (Fsp3) is 0.714. The van der Waals surface area contributed by atoms with Gasteiger partial charge in [-0.2, -0.15) is 0 Å². The highest BCUT2D eigenvalue weighted by molar-refractivity contribution is 6.01. The van der Waals surface area contributed by atoms with Gasteiger partial charge in [0.15, 0.2) is 11.6 Å². The third-order valence-corrected chi connectivity index (χ3v) is 7.57. The molecular formula is C21H28O5. The summed E-state index contributed by atoms with van der Waals surface area (Å²) < 4.78 is 48.5. The van der Waals surface area contributed by atoms with Crippen molar-refractivity contribution in [2.45, 2.75) is 57.6 Å². The second-order valence-electron chi connectivity index (χ2n) is 8.61. The molecule has 5 heteroatoms. The number of hydrogen-bond acceptors (Lipinski definition) is 5. The number of carbonyl (C=O) groups excluding carboxylic acids is 2. The predicted octanol–water partition coefficient (Wildman–Crippen LogP) is 1.56. The number of carbonyl (C=O) groups is 2. The number of ketones is 2. The van der Waals surface area contributed by atoms with E-state index in [0.717, 1.165) is 0 Å². The average molecular weight is 366 g/mol. The number of Topliss-reactive ketones (excluding diaryl/α,β-unsaturated/α-hetero) is 1. The lowest BCUT2D eigenvalue weighted by Crippen LogP contribution is -2.61. The van der Waals surface area contributed by atoms with Gasteiger partial charge in [0.2, 0.25) is 0 Å². The lowest BCUT2D eigenvalue weighted by Gasteiger charge is -2.59. The Kier molecular flexibility index (Phi) is 2.63. The van der Waals surface area contributed by atoms with Crippen LogP contribution < -0.4 is 0 Å². The van der Waals surface area contributed by atoms with Gasteiger partial charge in [-0.3, -0.25) is 9.59 Å². The van der Waals surface area contributed by atoms with Crippen molar-refractivity contribution in [3.05, 3.63) is 23.8 Å². The maximum Gasteiger partial charge on any atom is 0.190 e. The van der Waals surface area contributed by atoms with Crippen molar-refractivity contribution < 1.29 is 33.1 Å². The van der Waals surface area contributed by atoms with Gasteiger partial charge in [-0.05, 0) is 56.0 Å². The standard InChI is InChI=1S/C21H28O5/c1-19-7-5-13(23)9-12(19)3-4-14-15-6-8-21(26,17(25)11-22)20(15,2)10-16(24)18(14)19/h5,7,9,14-16,18,22,24,26H,3-4,6,8,10-11H2,1-2H3/t14?,15?,16-,18?,19?,20?,21-/m0/s1/i3D2,5D,9D,11D2. The number of hydrogen-bond donors (Lipinski definition) is 3. The average Bonchev–Trinajstić information content (AvgIpc) is 2.88. The number of fused-ring (bicyclic) bond motifs is 5. The van der Waals surface area contributed by atoms with E-state index in [1.807, 2.05) is 0 Å². The van der Waals surface area contributed by atoms with Gasteiger partial charge in [-0.15, -0.1) is 0 Å². The lowest BCUT2D eigenvalue weighted by atomic mass is 9.46. The molecule has 0 aromatic carbocycles. The molecule has 0 bridgehead atoms. The number of aliphatic hydroxyl groups excluding tert-OH is 1. The van der Waals surface area contributed by atoms with E-state index >= 15 is 0 Å².